The van der Waals surface area contributed by atoms with Gasteiger partial charge in [0.25, 0.3) is 0 Å². The maximum Gasteiger partial charge on any atom is 0.475 e. The summed E-state index contributed by atoms with van der Waals surface area (Å²) in [6, 6.07) is 10.0. The molecule has 0 spiro atoms. The Morgan fingerprint density at radius 3 is 1.79 bits per heavy atom. The van der Waals surface area contributed by atoms with Crippen molar-refractivity contribution in [3.8, 4) is 0 Å². The van der Waals surface area contributed by atoms with Gasteiger partial charge in [0.05, 0.1) is 62.7 Å². The van der Waals surface area contributed by atoms with Gasteiger partial charge in [-0.2, -0.15) is 0 Å². The average molecular weight is 1410 g/mol. The number of esters is 1. The van der Waals surface area contributed by atoms with Crippen molar-refractivity contribution in [3.63, 3.8) is 0 Å². The number of methoxy groups -OCH3 is 1. The molecule has 10 unspecified atom stereocenters. The number of hydrogen-bond acceptors (Lipinski definition) is 11. The number of phosphoric acid groups is 1. The normalized spacial score (nSPS) is 35.5. The first-order valence-electron chi connectivity index (χ1n) is 43.0. The molecule has 0 bridgehead atoms. The molecule has 0 radical (unpaired) electrons. The zero-order chi connectivity index (χ0) is 69.7. The van der Waals surface area contributed by atoms with Gasteiger partial charge in [0.15, 0.2) is 0 Å². The van der Waals surface area contributed by atoms with Crippen LogP contribution in [-0.4, -0.2) is 81.2 Å². The molecule has 1 aromatic rings. The largest absolute Gasteiger partial charge is 0.501 e. The fraction of sp³-hybridized carbons (Fsp3) is 0.875. The Morgan fingerprint density at radius 1 is 0.590 bits per heavy atom. The van der Waals surface area contributed by atoms with E-state index in [0.717, 1.165) is 125 Å². The number of benzene rings is 1. The predicted octanol–water partition coefficient (Wildman–Crippen LogP) is 23.9. The summed E-state index contributed by atoms with van der Waals surface area (Å²) in [4.78, 5) is 14.5. The molecule has 2 aliphatic heterocycles. The summed E-state index contributed by atoms with van der Waals surface area (Å²) < 4.78 is 76.4. The van der Waals surface area contributed by atoms with E-state index >= 15 is 4.57 Å². The lowest BCUT2D eigenvalue weighted by Crippen LogP contribution is -2.42. The van der Waals surface area contributed by atoms with Gasteiger partial charge in [-0.05, 0) is 191 Å². The van der Waals surface area contributed by atoms with Crippen molar-refractivity contribution in [2.45, 2.75) is 392 Å². The minimum atomic E-state index is -4.20. The van der Waals surface area contributed by atoms with E-state index in [9.17, 15) is 4.79 Å². The molecule has 14 atom stereocenters. The molecule has 568 valence electrons. The van der Waals surface area contributed by atoms with E-state index in [0.29, 0.717) is 66.9 Å². The second kappa shape index (κ2) is 40.2. The summed E-state index contributed by atoms with van der Waals surface area (Å²) in [5.74, 6) is 9.42. The molecule has 6 saturated carbocycles. The number of phosphoric ester groups is 1. The Morgan fingerprint density at radius 2 is 1.16 bits per heavy atom. The van der Waals surface area contributed by atoms with E-state index < -0.39 is 32.2 Å². The molecule has 0 amide bonds. The van der Waals surface area contributed by atoms with E-state index in [-0.39, 0.29) is 55.1 Å². The van der Waals surface area contributed by atoms with Gasteiger partial charge >= 0.3 is 13.8 Å². The summed E-state index contributed by atoms with van der Waals surface area (Å²) in [6.07, 6.45) is 57.3. The van der Waals surface area contributed by atoms with Crippen LogP contribution in [0.3, 0.4) is 0 Å². The third-order valence-corrected chi connectivity index (χ3v) is 30.0. The molecule has 8 fully saturated rings. The molecule has 0 aromatic heterocycles. The highest BCUT2D eigenvalue weighted by molar-refractivity contribution is 7.48. The van der Waals surface area contributed by atoms with Crippen LogP contribution in [0.4, 0.5) is 0 Å². The van der Waals surface area contributed by atoms with Crippen LogP contribution in [0.15, 0.2) is 53.8 Å². The summed E-state index contributed by atoms with van der Waals surface area (Å²) in [5, 5.41) is 0. The van der Waals surface area contributed by atoms with Gasteiger partial charge in [0, 0.05) is 24.8 Å². The van der Waals surface area contributed by atoms with Crippen molar-refractivity contribution in [2.24, 2.45) is 76.4 Å². The zero-order valence-corrected chi connectivity index (χ0v) is 65.4. The fourth-order valence-electron chi connectivity index (χ4n) is 22.0. The second-order valence-electron chi connectivity index (χ2n) is 35.7. The number of carbonyl (C=O) groups is 1. The number of rotatable bonds is 28. The summed E-state index contributed by atoms with van der Waals surface area (Å²) in [5.41, 5.74) is 1.62. The summed E-state index contributed by atoms with van der Waals surface area (Å²) in [7, 11) is -2.26. The Bertz CT molecular complexity index is 2600. The number of carbonyl (C=O) groups excluding carboxylic acids is 1. The van der Waals surface area contributed by atoms with Gasteiger partial charge in [-0.25, -0.2) is 9.36 Å². The van der Waals surface area contributed by atoms with Crippen LogP contribution in [0.1, 0.15) is 336 Å². The van der Waals surface area contributed by atoms with Crippen LogP contribution in [-0.2, 0) is 58.0 Å². The van der Waals surface area contributed by atoms with Crippen LogP contribution < -0.4 is 0 Å². The van der Waals surface area contributed by atoms with Gasteiger partial charge in [-0.15, -0.1) is 0 Å². The van der Waals surface area contributed by atoms with Crippen LogP contribution in [0.25, 0.3) is 0 Å². The first kappa shape index (κ1) is 79.0. The first-order valence-corrected chi connectivity index (χ1v) is 44.5. The van der Waals surface area contributed by atoms with Gasteiger partial charge in [0.2, 0.25) is 0 Å². The molecule has 11 nitrogen and oxygen atoms in total. The number of allylic oxidation sites excluding steroid dienone is 2. The van der Waals surface area contributed by atoms with Crippen molar-refractivity contribution >= 4 is 13.8 Å². The highest BCUT2D eigenvalue weighted by Crippen LogP contribution is 2.57. The smallest absolute Gasteiger partial charge is 0.475 e. The zero-order valence-electron chi connectivity index (χ0n) is 64.5. The van der Waals surface area contributed by atoms with Crippen LogP contribution in [0, 0.1) is 76.4 Å². The van der Waals surface area contributed by atoms with Crippen LogP contribution in [0.2, 0.25) is 0 Å². The minimum absolute atomic E-state index is 0.00702. The van der Waals surface area contributed by atoms with Crippen molar-refractivity contribution in [3.05, 3.63) is 59.4 Å². The first-order chi connectivity index (χ1) is 48.7. The maximum absolute atomic E-state index is 15.8. The molecule has 2 heterocycles. The lowest BCUT2D eigenvalue weighted by molar-refractivity contribution is -0.140. The van der Waals surface area contributed by atoms with Crippen LogP contribution >= 0.6 is 7.82 Å². The highest BCUT2D eigenvalue weighted by atomic mass is 31.2. The number of ether oxygens (including phenoxy) is 6. The second-order valence-corrected chi connectivity index (χ2v) is 37.2. The standard InChI is InChI=1S/C88H145O11P/c1-8-69(75-39-25-24-32-68(54-66-33-26-34-66)55-80(56-75)91-7)58-82(65(4)70-35-18-9-10-19-36-70)88(5,6)77-45-29-44-76(87(89)93-60-67-30-16-15-17-31-67)57-81(59-77)97-83-52-63(2)96-86(83)62-94-100(90,98-79-46-22-13-14-23-47-79)99-84-53-64(3)95-85(84)61-92-78-50-48-74(49-51-78)73-42-27-40-72(41-28-43-73)71-37-20-11-12-21-38-71/h15-17,30-31,56-57,63-66,68-75,77-79,81-86H,8-14,18-29,32-55,58-62H2,1-7H3/b76-57-,80-56-/t63-,64-,65?,68?,69?,72?,73?,74?,75?,77?,78?,81?,82?,83?,84?,85+,86+,100?/m0/s1. The molecule has 1 aromatic carbocycles. The third kappa shape index (κ3) is 23.5. The van der Waals surface area contributed by atoms with Crippen molar-refractivity contribution in [2.75, 3.05) is 20.3 Å². The molecule has 12 heteroatoms. The molecular formula is C88H145O11P. The van der Waals surface area contributed by atoms with Gasteiger partial charge in [-0.1, -0.05) is 244 Å². The Labute approximate surface area is 610 Å². The predicted molar refractivity (Wildman–Crippen MR) is 405 cm³/mol. The van der Waals surface area contributed by atoms with Crippen molar-refractivity contribution in [1.29, 1.82) is 0 Å². The quantitative estimate of drug-likeness (QED) is 0.0453. The molecular weight excluding hydrogens is 1260 g/mol. The molecule has 100 heavy (non-hydrogen) atoms. The Balaban J connectivity index is 0.783. The third-order valence-electron chi connectivity index (χ3n) is 28.4. The molecule has 8 aliphatic carbocycles. The highest BCUT2D eigenvalue weighted by Gasteiger charge is 2.48. The SMILES string of the molecule is CCC(CC(C(C)C1CCCCCC1)C(C)(C)C1CCC/C(C(=O)OCc2ccccc2)=C/C(OC2C[C@H](C)O[C@@H]2COP(=O)(OC2CCCCCC2)OC2C[C@H](C)O[C@@H]2COC2CCC(C3CCCC(C4CCCCCC4)CCC3)CC2)C1)C1/C=C(\OC)CC(CC2CCC2)CCCC1. The Hall–Kier alpha value is -2.08. The van der Waals surface area contributed by atoms with E-state index in [1.165, 1.54) is 192 Å². The number of hydrogen-bond donors (Lipinski definition) is 0. The van der Waals surface area contributed by atoms with E-state index in [4.69, 9.17) is 42.0 Å². The molecule has 0 N–H and O–H groups in total. The van der Waals surface area contributed by atoms with Gasteiger partial charge in [0.1, 0.15) is 24.9 Å². The molecule has 10 aliphatic rings. The Kier molecular flexibility index (Phi) is 31.8. The van der Waals surface area contributed by atoms with Crippen molar-refractivity contribution in [1.82, 2.24) is 0 Å². The van der Waals surface area contributed by atoms with E-state index in [1.807, 2.05) is 37.4 Å². The van der Waals surface area contributed by atoms with E-state index in [1.54, 1.807) is 0 Å². The molecule has 2 saturated heterocycles. The summed E-state index contributed by atoms with van der Waals surface area (Å²) in [6.45, 7) is 15.2. The summed E-state index contributed by atoms with van der Waals surface area (Å²) >= 11 is 0. The lowest BCUT2D eigenvalue weighted by Gasteiger charge is -2.49. The van der Waals surface area contributed by atoms with E-state index in [2.05, 4.69) is 53.7 Å². The van der Waals surface area contributed by atoms with Crippen molar-refractivity contribution < 1.29 is 51.4 Å². The molecule has 11 rings (SSSR count). The van der Waals surface area contributed by atoms with Crippen LogP contribution in [0.5, 0.6) is 0 Å². The maximum atomic E-state index is 15.8. The topological polar surface area (TPSA) is 117 Å². The fourth-order valence-corrected chi connectivity index (χ4v) is 23.7. The van der Waals surface area contributed by atoms with Gasteiger partial charge in [-0.3, -0.25) is 13.6 Å². The minimum Gasteiger partial charge on any atom is -0.501 e. The average Bonchev–Trinajstić information content (AvgIpc) is 0.896. The monoisotopic (exact) mass is 1410 g/mol. The lowest BCUT2D eigenvalue weighted by atomic mass is 9.57. The van der Waals surface area contributed by atoms with Gasteiger partial charge < -0.3 is 28.4 Å².